The maximum atomic E-state index is 6.18. The molecule has 2 saturated carbocycles. The van der Waals surface area contributed by atoms with Gasteiger partial charge < -0.3 is 10.5 Å². The molecule has 110 valence electrons. The van der Waals surface area contributed by atoms with E-state index in [0.29, 0.717) is 5.41 Å². The molecule has 1 aromatic carbocycles. The first-order chi connectivity index (χ1) is 9.72. The van der Waals surface area contributed by atoms with Crippen molar-refractivity contribution in [2.24, 2.45) is 11.1 Å². The van der Waals surface area contributed by atoms with Gasteiger partial charge in [0.15, 0.2) is 0 Å². The summed E-state index contributed by atoms with van der Waals surface area (Å²) >= 11 is 0. The van der Waals surface area contributed by atoms with E-state index in [4.69, 9.17) is 10.5 Å². The molecular weight excluding hydrogens is 246 g/mol. The number of hydrogen-bond donors (Lipinski definition) is 1. The highest BCUT2D eigenvalue weighted by molar-refractivity contribution is 5.37. The van der Waals surface area contributed by atoms with Gasteiger partial charge in [-0.05, 0) is 48.8 Å². The molecule has 0 aromatic heterocycles. The van der Waals surface area contributed by atoms with Gasteiger partial charge in [0.1, 0.15) is 5.75 Å². The minimum Gasteiger partial charge on any atom is -0.497 e. The number of ether oxygens (including phenoxy) is 1. The Morgan fingerprint density at radius 1 is 1.10 bits per heavy atom. The van der Waals surface area contributed by atoms with Crippen LogP contribution in [0.4, 0.5) is 0 Å². The van der Waals surface area contributed by atoms with Crippen molar-refractivity contribution in [3.05, 3.63) is 29.8 Å². The van der Waals surface area contributed by atoms with Gasteiger partial charge in [-0.2, -0.15) is 0 Å². The SMILES string of the molecule is COc1cccc(C2(CN)CC3(CCCCCC3)C2)c1. The van der Waals surface area contributed by atoms with Crippen LogP contribution in [0.15, 0.2) is 24.3 Å². The number of benzene rings is 1. The van der Waals surface area contributed by atoms with Crippen LogP contribution >= 0.6 is 0 Å². The molecule has 2 aliphatic rings. The lowest BCUT2D eigenvalue weighted by atomic mass is 9.48. The summed E-state index contributed by atoms with van der Waals surface area (Å²) in [5, 5.41) is 0. The predicted octanol–water partition coefficient (Wildman–Crippen LogP) is 4.03. The quantitative estimate of drug-likeness (QED) is 0.902. The largest absolute Gasteiger partial charge is 0.497 e. The molecule has 2 nitrogen and oxygen atoms in total. The van der Waals surface area contributed by atoms with E-state index in [9.17, 15) is 0 Å². The summed E-state index contributed by atoms with van der Waals surface area (Å²) in [6, 6.07) is 8.55. The molecule has 20 heavy (non-hydrogen) atoms. The van der Waals surface area contributed by atoms with Crippen molar-refractivity contribution >= 4 is 0 Å². The van der Waals surface area contributed by atoms with Crippen LogP contribution in [0.2, 0.25) is 0 Å². The van der Waals surface area contributed by atoms with Crippen LogP contribution in [-0.4, -0.2) is 13.7 Å². The molecule has 0 radical (unpaired) electrons. The number of rotatable bonds is 3. The van der Waals surface area contributed by atoms with Gasteiger partial charge in [0.2, 0.25) is 0 Å². The zero-order valence-electron chi connectivity index (χ0n) is 12.7. The lowest BCUT2D eigenvalue weighted by Gasteiger charge is -2.57. The lowest BCUT2D eigenvalue weighted by molar-refractivity contribution is 0.0112. The standard InChI is InChI=1S/C18H27NO/c1-20-16-8-6-7-15(11-16)18(14-19)12-17(13-18)9-4-2-3-5-10-17/h6-8,11H,2-5,9-10,12-14,19H2,1H3. The van der Waals surface area contributed by atoms with Crippen molar-refractivity contribution in [3.63, 3.8) is 0 Å². The van der Waals surface area contributed by atoms with Crippen LogP contribution in [0, 0.1) is 5.41 Å². The normalized spacial score (nSPS) is 23.9. The maximum absolute atomic E-state index is 6.18. The molecule has 2 heteroatoms. The van der Waals surface area contributed by atoms with Crippen LogP contribution in [0.3, 0.4) is 0 Å². The number of methoxy groups -OCH3 is 1. The van der Waals surface area contributed by atoms with E-state index >= 15 is 0 Å². The lowest BCUT2D eigenvalue weighted by Crippen LogP contribution is -2.53. The van der Waals surface area contributed by atoms with Crippen molar-refractivity contribution in [2.75, 3.05) is 13.7 Å². The second kappa shape index (κ2) is 5.40. The molecule has 1 aromatic rings. The molecule has 0 amide bonds. The zero-order chi connectivity index (χ0) is 14.1. The minimum atomic E-state index is 0.207. The Hall–Kier alpha value is -1.02. The van der Waals surface area contributed by atoms with E-state index in [0.717, 1.165) is 12.3 Å². The first kappa shape index (κ1) is 13.9. The summed E-state index contributed by atoms with van der Waals surface area (Å²) in [6.45, 7) is 0.766. The molecule has 0 aliphatic heterocycles. The van der Waals surface area contributed by atoms with E-state index in [2.05, 4.69) is 18.2 Å². The van der Waals surface area contributed by atoms with E-state index < -0.39 is 0 Å². The van der Waals surface area contributed by atoms with E-state index in [1.807, 2.05) is 6.07 Å². The molecule has 0 heterocycles. The van der Waals surface area contributed by atoms with Crippen molar-refractivity contribution in [1.82, 2.24) is 0 Å². The third-order valence-corrected chi connectivity index (χ3v) is 5.66. The monoisotopic (exact) mass is 273 g/mol. The molecule has 0 saturated heterocycles. The Labute approximate surface area is 122 Å². The molecule has 0 bridgehead atoms. The van der Waals surface area contributed by atoms with Gasteiger partial charge in [0, 0.05) is 12.0 Å². The molecule has 2 N–H and O–H groups in total. The summed E-state index contributed by atoms with van der Waals surface area (Å²) in [5.41, 5.74) is 8.37. The van der Waals surface area contributed by atoms with E-state index in [-0.39, 0.29) is 5.41 Å². The summed E-state index contributed by atoms with van der Waals surface area (Å²) < 4.78 is 5.38. The van der Waals surface area contributed by atoms with E-state index in [1.165, 1.54) is 56.9 Å². The van der Waals surface area contributed by atoms with Crippen LogP contribution in [-0.2, 0) is 5.41 Å². The highest BCUT2D eigenvalue weighted by atomic mass is 16.5. The molecular formula is C18H27NO. The number of nitrogens with two attached hydrogens (primary N) is 1. The minimum absolute atomic E-state index is 0.207. The average molecular weight is 273 g/mol. The van der Waals surface area contributed by atoms with Crippen molar-refractivity contribution in [1.29, 1.82) is 0 Å². The van der Waals surface area contributed by atoms with Gasteiger partial charge in [-0.25, -0.2) is 0 Å². The fraction of sp³-hybridized carbons (Fsp3) is 0.667. The van der Waals surface area contributed by atoms with Gasteiger partial charge in [0.05, 0.1) is 7.11 Å². The van der Waals surface area contributed by atoms with Crippen molar-refractivity contribution < 1.29 is 4.74 Å². The molecule has 3 rings (SSSR count). The predicted molar refractivity (Wildman–Crippen MR) is 83.1 cm³/mol. The van der Waals surface area contributed by atoms with E-state index in [1.54, 1.807) is 7.11 Å². The Bertz CT molecular complexity index is 452. The molecule has 0 atom stereocenters. The highest BCUT2D eigenvalue weighted by Crippen LogP contribution is 2.61. The number of hydrogen-bond acceptors (Lipinski definition) is 2. The smallest absolute Gasteiger partial charge is 0.119 e. The fourth-order valence-corrected chi connectivity index (χ4v) is 4.64. The Kier molecular flexibility index (Phi) is 3.76. The van der Waals surface area contributed by atoms with Gasteiger partial charge in [0.25, 0.3) is 0 Å². The molecule has 2 aliphatic carbocycles. The second-order valence-electron chi connectivity index (χ2n) is 6.98. The summed E-state index contributed by atoms with van der Waals surface area (Å²) in [7, 11) is 1.74. The molecule has 2 fully saturated rings. The fourth-order valence-electron chi connectivity index (χ4n) is 4.64. The summed E-state index contributed by atoms with van der Waals surface area (Å²) in [4.78, 5) is 0. The third kappa shape index (κ3) is 2.35. The highest BCUT2D eigenvalue weighted by Gasteiger charge is 2.53. The van der Waals surface area contributed by atoms with Gasteiger partial charge in [-0.15, -0.1) is 0 Å². The van der Waals surface area contributed by atoms with Crippen LogP contribution in [0.1, 0.15) is 56.9 Å². The van der Waals surface area contributed by atoms with Crippen LogP contribution < -0.4 is 10.5 Å². The Balaban J connectivity index is 1.80. The Morgan fingerprint density at radius 3 is 2.40 bits per heavy atom. The summed E-state index contributed by atoms with van der Waals surface area (Å²) in [6.07, 6.45) is 11.1. The second-order valence-corrected chi connectivity index (χ2v) is 6.98. The third-order valence-electron chi connectivity index (χ3n) is 5.66. The first-order valence-corrected chi connectivity index (χ1v) is 8.07. The Morgan fingerprint density at radius 2 is 1.80 bits per heavy atom. The molecule has 1 spiro atoms. The van der Waals surface area contributed by atoms with Gasteiger partial charge >= 0.3 is 0 Å². The van der Waals surface area contributed by atoms with Crippen LogP contribution in [0.25, 0.3) is 0 Å². The van der Waals surface area contributed by atoms with Crippen LogP contribution in [0.5, 0.6) is 5.75 Å². The zero-order valence-corrected chi connectivity index (χ0v) is 12.7. The topological polar surface area (TPSA) is 35.2 Å². The average Bonchev–Trinajstić information content (AvgIpc) is 2.71. The van der Waals surface area contributed by atoms with Gasteiger partial charge in [-0.3, -0.25) is 0 Å². The van der Waals surface area contributed by atoms with Gasteiger partial charge in [-0.1, -0.05) is 37.8 Å². The maximum Gasteiger partial charge on any atom is 0.119 e. The van der Waals surface area contributed by atoms with Crippen molar-refractivity contribution in [2.45, 2.75) is 56.8 Å². The van der Waals surface area contributed by atoms with Crippen molar-refractivity contribution in [3.8, 4) is 5.75 Å². The first-order valence-electron chi connectivity index (χ1n) is 8.07. The summed E-state index contributed by atoms with van der Waals surface area (Å²) in [5.74, 6) is 0.956. The molecule has 0 unspecified atom stereocenters.